The standard InChI is InChI=1S/C23H30F2N4O3/c1-4-6-21(30)29-18-9-7-16(8-10-18)14-27-23(26-5-2)28-15-17-13-19(31-3)11-12-20(17)32-22(24)25/h7-13,22H,4-6,14-15H2,1-3H3,(H,29,30)(H2,26,27,28). The number of benzene rings is 2. The highest BCUT2D eigenvalue weighted by Crippen LogP contribution is 2.25. The third-order valence-corrected chi connectivity index (χ3v) is 4.41. The van der Waals surface area contributed by atoms with Crippen molar-refractivity contribution in [3.63, 3.8) is 0 Å². The molecular formula is C23H30F2N4O3. The fourth-order valence-electron chi connectivity index (χ4n) is 2.87. The van der Waals surface area contributed by atoms with E-state index in [1.807, 2.05) is 38.1 Å². The summed E-state index contributed by atoms with van der Waals surface area (Å²) < 4.78 is 35.2. The minimum absolute atomic E-state index is 0.00960. The van der Waals surface area contributed by atoms with E-state index in [1.165, 1.54) is 13.2 Å². The molecule has 0 spiro atoms. The Balaban J connectivity index is 2.03. The van der Waals surface area contributed by atoms with Gasteiger partial charge in [0.05, 0.1) is 13.7 Å². The van der Waals surface area contributed by atoms with Gasteiger partial charge in [-0.3, -0.25) is 4.79 Å². The van der Waals surface area contributed by atoms with Crippen LogP contribution >= 0.6 is 0 Å². The van der Waals surface area contributed by atoms with E-state index in [2.05, 4.69) is 25.7 Å². The predicted octanol–water partition coefficient (Wildman–Crippen LogP) is 4.29. The average Bonchev–Trinajstić information content (AvgIpc) is 2.77. The summed E-state index contributed by atoms with van der Waals surface area (Å²) in [5, 5.41) is 9.10. The molecule has 0 radical (unpaired) electrons. The molecule has 0 bridgehead atoms. The van der Waals surface area contributed by atoms with Crippen LogP contribution in [0.3, 0.4) is 0 Å². The molecule has 0 unspecified atom stereocenters. The van der Waals surface area contributed by atoms with Gasteiger partial charge in [0.25, 0.3) is 0 Å². The number of alkyl halides is 2. The first-order valence-electron chi connectivity index (χ1n) is 10.5. The van der Waals surface area contributed by atoms with Crippen LogP contribution in [0.2, 0.25) is 0 Å². The number of ether oxygens (including phenoxy) is 2. The van der Waals surface area contributed by atoms with Crippen molar-refractivity contribution in [3.05, 3.63) is 53.6 Å². The lowest BCUT2D eigenvalue weighted by Gasteiger charge is -2.15. The molecule has 0 aliphatic heterocycles. The van der Waals surface area contributed by atoms with E-state index in [0.717, 1.165) is 17.7 Å². The number of hydrogen-bond donors (Lipinski definition) is 3. The summed E-state index contributed by atoms with van der Waals surface area (Å²) >= 11 is 0. The van der Waals surface area contributed by atoms with Gasteiger partial charge in [0, 0.05) is 30.8 Å². The Morgan fingerprint density at radius 1 is 1.09 bits per heavy atom. The summed E-state index contributed by atoms with van der Waals surface area (Å²) in [5.74, 6) is 1.13. The quantitative estimate of drug-likeness (QED) is 0.353. The maximum Gasteiger partial charge on any atom is 0.387 e. The van der Waals surface area contributed by atoms with Crippen molar-refractivity contribution in [1.82, 2.24) is 10.6 Å². The lowest BCUT2D eigenvalue weighted by atomic mass is 10.2. The molecular weight excluding hydrogens is 418 g/mol. The molecule has 32 heavy (non-hydrogen) atoms. The average molecular weight is 449 g/mol. The summed E-state index contributed by atoms with van der Waals surface area (Å²) in [6, 6.07) is 12.1. The van der Waals surface area contributed by atoms with Gasteiger partial charge in [0.1, 0.15) is 11.5 Å². The molecule has 2 aromatic carbocycles. The molecule has 2 aromatic rings. The highest BCUT2D eigenvalue weighted by atomic mass is 19.3. The summed E-state index contributed by atoms with van der Waals surface area (Å²) in [7, 11) is 1.51. The summed E-state index contributed by atoms with van der Waals surface area (Å²) in [6.07, 6.45) is 1.28. The van der Waals surface area contributed by atoms with Crippen molar-refractivity contribution < 1.29 is 23.0 Å². The number of aliphatic imine (C=N–C) groups is 1. The largest absolute Gasteiger partial charge is 0.497 e. The van der Waals surface area contributed by atoms with Gasteiger partial charge in [-0.05, 0) is 49.2 Å². The molecule has 3 N–H and O–H groups in total. The fraction of sp³-hybridized carbons (Fsp3) is 0.391. The van der Waals surface area contributed by atoms with Crippen LogP contribution in [-0.4, -0.2) is 32.1 Å². The van der Waals surface area contributed by atoms with Crippen LogP contribution in [0.15, 0.2) is 47.5 Å². The number of rotatable bonds is 11. The van der Waals surface area contributed by atoms with Gasteiger partial charge in [-0.25, -0.2) is 4.99 Å². The van der Waals surface area contributed by atoms with Crippen LogP contribution in [0.5, 0.6) is 11.5 Å². The molecule has 0 fully saturated rings. The third-order valence-electron chi connectivity index (χ3n) is 4.41. The number of nitrogens with one attached hydrogen (secondary N) is 3. The molecule has 0 saturated carbocycles. The van der Waals surface area contributed by atoms with Gasteiger partial charge in [-0.2, -0.15) is 8.78 Å². The number of carbonyl (C=O) groups is 1. The maximum absolute atomic E-state index is 12.7. The Kier molecular flexibility index (Phi) is 10.2. The third kappa shape index (κ3) is 8.41. The number of guanidine groups is 1. The van der Waals surface area contributed by atoms with Gasteiger partial charge in [0.2, 0.25) is 5.91 Å². The van der Waals surface area contributed by atoms with E-state index in [4.69, 9.17) is 4.74 Å². The van der Waals surface area contributed by atoms with E-state index in [9.17, 15) is 13.6 Å². The summed E-state index contributed by atoms with van der Waals surface area (Å²) in [5.41, 5.74) is 2.21. The first-order valence-corrected chi connectivity index (χ1v) is 10.5. The molecule has 0 aliphatic carbocycles. The number of nitrogens with zero attached hydrogens (tertiary/aromatic N) is 1. The minimum atomic E-state index is -2.92. The van der Waals surface area contributed by atoms with E-state index < -0.39 is 6.61 Å². The smallest absolute Gasteiger partial charge is 0.387 e. The number of anilines is 1. The van der Waals surface area contributed by atoms with Crippen LogP contribution in [0.25, 0.3) is 0 Å². The van der Waals surface area contributed by atoms with Crippen molar-refractivity contribution in [1.29, 1.82) is 0 Å². The van der Waals surface area contributed by atoms with Crippen molar-refractivity contribution in [3.8, 4) is 11.5 Å². The second-order valence-corrected chi connectivity index (χ2v) is 6.90. The Morgan fingerprint density at radius 2 is 1.84 bits per heavy atom. The zero-order valence-electron chi connectivity index (χ0n) is 18.6. The SMILES string of the molecule is CCCC(=O)Nc1ccc(CN=C(NCC)NCc2cc(OC)ccc2OC(F)F)cc1. The zero-order chi connectivity index (χ0) is 23.3. The number of hydrogen-bond acceptors (Lipinski definition) is 4. The van der Waals surface area contributed by atoms with Gasteiger partial charge < -0.3 is 25.4 Å². The number of halogens is 2. The molecule has 2 rings (SSSR count). The highest BCUT2D eigenvalue weighted by Gasteiger charge is 2.11. The zero-order valence-corrected chi connectivity index (χ0v) is 18.6. The molecule has 0 heterocycles. The van der Waals surface area contributed by atoms with E-state index >= 15 is 0 Å². The first kappa shape index (κ1) is 24.9. The Bertz CT molecular complexity index is 889. The number of carbonyl (C=O) groups excluding carboxylic acids is 1. The van der Waals surface area contributed by atoms with Gasteiger partial charge in [0.15, 0.2) is 5.96 Å². The van der Waals surface area contributed by atoms with Crippen LogP contribution < -0.4 is 25.4 Å². The molecule has 0 aliphatic rings. The topological polar surface area (TPSA) is 84.0 Å². The van der Waals surface area contributed by atoms with Gasteiger partial charge >= 0.3 is 6.61 Å². The van der Waals surface area contributed by atoms with Crippen LogP contribution in [0.4, 0.5) is 14.5 Å². The lowest BCUT2D eigenvalue weighted by Crippen LogP contribution is -2.36. The fourth-order valence-corrected chi connectivity index (χ4v) is 2.87. The molecule has 0 saturated heterocycles. The molecule has 1 amide bonds. The van der Waals surface area contributed by atoms with E-state index in [1.54, 1.807) is 12.1 Å². The number of amides is 1. The first-order chi connectivity index (χ1) is 15.4. The van der Waals surface area contributed by atoms with Crippen molar-refractivity contribution in [2.24, 2.45) is 4.99 Å². The van der Waals surface area contributed by atoms with Gasteiger partial charge in [-0.1, -0.05) is 19.1 Å². The predicted molar refractivity (Wildman–Crippen MR) is 121 cm³/mol. The Hall–Kier alpha value is -3.36. The normalized spacial score (nSPS) is 11.2. The molecule has 0 atom stereocenters. The number of methoxy groups -OCH3 is 1. The van der Waals surface area contributed by atoms with Crippen molar-refractivity contribution in [2.75, 3.05) is 19.0 Å². The van der Waals surface area contributed by atoms with Crippen LogP contribution in [0.1, 0.15) is 37.8 Å². The summed E-state index contributed by atoms with van der Waals surface area (Å²) in [4.78, 5) is 16.2. The molecule has 7 nitrogen and oxygen atoms in total. The summed E-state index contributed by atoms with van der Waals surface area (Å²) in [6.45, 7) is 2.22. The molecule has 9 heteroatoms. The Labute approximate surface area is 187 Å². The molecule has 0 aromatic heterocycles. The van der Waals surface area contributed by atoms with E-state index in [0.29, 0.717) is 36.8 Å². The second-order valence-electron chi connectivity index (χ2n) is 6.90. The van der Waals surface area contributed by atoms with Crippen LogP contribution in [-0.2, 0) is 17.9 Å². The second kappa shape index (κ2) is 13.1. The van der Waals surface area contributed by atoms with E-state index in [-0.39, 0.29) is 18.2 Å². The minimum Gasteiger partial charge on any atom is -0.497 e. The van der Waals surface area contributed by atoms with Crippen molar-refractivity contribution in [2.45, 2.75) is 46.4 Å². The highest BCUT2D eigenvalue weighted by molar-refractivity contribution is 5.90. The monoisotopic (exact) mass is 448 g/mol. The lowest BCUT2D eigenvalue weighted by molar-refractivity contribution is -0.116. The Morgan fingerprint density at radius 3 is 2.47 bits per heavy atom. The van der Waals surface area contributed by atoms with Crippen molar-refractivity contribution >= 4 is 17.6 Å². The molecule has 174 valence electrons. The maximum atomic E-state index is 12.7. The van der Waals surface area contributed by atoms with Crippen LogP contribution in [0, 0.1) is 0 Å². The van der Waals surface area contributed by atoms with Gasteiger partial charge in [-0.15, -0.1) is 0 Å².